The Morgan fingerprint density at radius 1 is 1.15 bits per heavy atom. The zero-order chi connectivity index (χ0) is 19.3. The first kappa shape index (κ1) is 19.6. The molecule has 0 N–H and O–H groups in total. The molecule has 0 radical (unpaired) electrons. The average Bonchev–Trinajstić information content (AvgIpc) is 2.53. The molecule has 5 heteroatoms. The molecule has 4 nitrogen and oxygen atoms in total. The summed E-state index contributed by atoms with van der Waals surface area (Å²) in [5.74, 6) is -0.407. The predicted octanol–water partition coefficient (Wildman–Crippen LogP) is 4.41. The predicted molar refractivity (Wildman–Crippen MR) is 96.8 cm³/mol. The van der Waals surface area contributed by atoms with Gasteiger partial charge in [-0.05, 0) is 51.0 Å². The first-order valence-electron chi connectivity index (χ1n) is 8.36. The SMILES string of the molecule is Cc1c(OCc2cccc(CC(=O)OC(C)(C)C)c2)ccc(F)c1C=O. The normalized spacial score (nSPS) is 11.1. The minimum atomic E-state index is -0.566. The number of carbonyl (C=O) groups is 2. The second kappa shape index (κ2) is 8.13. The van der Waals surface area contributed by atoms with Crippen LogP contribution in [0.15, 0.2) is 36.4 Å². The van der Waals surface area contributed by atoms with Crippen LogP contribution in [0.25, 0.3) is 0 Å². The maximum atomic E-state index is 13.6. The standard InChI is InChI=1S/C21H23FO4/c1-14-17(12-23)18(22)8-9-19(14)25-13-16-7-5-6-15(10-16)11-20(24)26-21(2,3)4/h5-10,12H,11,13H2,1-4H3. The van der Waals surface area contributed by atoms with Gasteiger partial charge in [-0.15, -0.1) is 0 Å². The van der Waals surface area contributed by atoms with E-state index in [2.05, 4.69) is 0 Å². The summed E-state index contributed by atoms with van der Waals surface area (Å²) in [6, 6.07) is 10.1. The van der Waals surface area contributed by atoms with Crippen LogP contribution in [0, 0.1) is 12.7 Å². The van der Waals surface area contributed by atoms with Gasteiger partial charge < -0.3 is 9.47 Å². The molecule has 0 saturated heterocycles. The summed E-state index contributed by atoms with van der Waals surface area (Å²) in [5.41, 5.74) is 1.63. The summed E-state index contributed by atoms with van der Waals surface area (Å²) in [4.78, 5) is 22.9. The first-order valence-corrected chi connectivity index (χ1v) is 8.36. The van der Waals surface area contributed by atoms with Crippen LogP contribution in [-0.4, -0.2) is 17.9 Å². The van der Waals surface area contributed by atoms with Crippen molar-refractivity contribution in [1.82, 2.24) is 0 Å². The largest absolute Gasteiger partial charge is 0.489 e. The number of esters is 1. The van der Waals surface area contributed by atoms with Crippen LogP contribution in [0.1, 0.15) is 47.8 Å². The first-order chi connectivity index (χ1) is 12.2. The summed E-state index contributed by atoms with van der Waals surface area (Å²) >= 11 is 0. The number of rotatable bonds is 6. The number of aldehydes is 1. The topological polar surface area (TPSA) is 52.6 Å². The van der Waals surface area contributed by atoms with Crippen LogP contribution in [-0.2, 0) is 22.6 Å². The van der Waals surface area contributed by atoms with E-state index < -0.39 is 11.4 Å². The highest BCUT2D eigenvalue weighted by Gasteiger charge is 2.16. The molecule has 138 valence electrons. The Hall–Kier alpha value is -2.69. The second-order valence-corrected chi connectivity index (χ2v) is 7.07. The number of hydrogen-bond donors (Lipinski definition) is 0. The van der Waals surface area contributed by atoms with Crippen molar-refractivity contribution in [2.24, 2.45) is 0 Å². The summed E-state index contributed by atoms with van der Waals surface area (Å²) in [6.07, 6.45) is 0.662. The van der Waals surface area contributed by atoms with Gasteiger partial charge >= 0.3 is 5.97 Å². The monoisotopic (exact) mass is 358 g/mol. The summed E-state index contributed by atoms with van der Waals surface area (Å²) in [7, 11) is 0. The summed E-state index contributed by atoms with van der Waals surface area (Å²) in [6.45, 7) is 7.36. The van der Waals surface area contributed by atoms with Crippen LogP contribution in [0.2, 0.25) is 0 Å². The van der Waals surface area contributed by atoms with Crippen LogP contribution < -0.4 is 4.74 Å². The van der Waals surface area contributed by atoms with E-state index in [-0.39, 0.29) is 24.6 Å². The Kier molecular flexibility index (Phi) is 6.14. The van der Waals surface area contributed by atoms with Gasteiger partial charge in [-0.25, -0.2) is 4.39 Å². The average molecular weight is 358 g/mol. The highest BCUT2D eigenvalue weighted by molar-refractivity contribution is 5.79. The highest BCUT2D eigenvalue weighted by Crippen LogP contribution is 2.24. The molecule has 0 fully saturated rings. The Balaban J connectivity index is 2.05. The van der Waals surface area contributed by atoms with Crippen molar-refractivity contribution in [3.63, 3.8) is 0 Å². The maximum Gasteiger partial charge on any atom is 0.310 e. The van der Waals surface area contributed by atoms with Crippen molar-refractivity contribution in [3.05, 3.63) is 64.5 Å². The smallest absolute Gasteiger partial charge is 0.310 e. The van der Waals surface area contributed by atoms with E-state index in [1.54, 1.807) is 6.92 Å². The lowest BCUT2D eigenvalue weighted by atomic mass is 10.1. The Labute approximate surface area is 152 Å². The number of halogens is 1. The molecular formula is C21H23FO4. The van der Waals surface area contributed by atoms with Gasteiger partial charge in [0, 0.05) is 5.56 Å². The molecule has 0 aliphatic carbocycles. The van der Waals surface area contributed by atoms with E-state index in [1.807, 2.05) is 45.0 Å². The molecule has 2 aromatic carbocycles. The van der Waals surface area contributed by atoms with E-state index in [1.165, 1.54) is 12.1 Å². The van der Waals surface area contributed by atoms with Crippen molar-refractivity contribution in [2.75, 3.05) is 0 Å². The molecule has 2 aromatic rings. The van der Waals surface area contributed by atoms with Gasteiger partial charge in [0.2, 0.25) is 0 Å². The molecule has 0 aliphatic rings. The summed E-state index contributed by atoms with van der Waals surface area (Å²) in [5, 5.41) is 0. The van der Waals surface area contributed by atoms with E-state index in [9.17, 15) is 14.0 Å². The van der Waals surface area contributed by atoms with E-state index in [0.29, 0.717) is 17.6 Å². The summed E-state index contributed by atoms with van der Waals surface area (Å²) < 4.78 is 24.6. The van der Waals surface area contributed by atoms with Crippen LogP contribution >= 0.6 is 0 Å². The quantitative estimate of drug-likeness (QED) is 0.567. The minimum Gasteiger partial charge on any atom is -0.489 e. The lowest BCUT2D eigenvalue weighted by Gasteiger charge is -2.19. The fraction of sp³-hybridized carbons (Fsp3) is 0.333. The molecule has 0 heterocycles. The molecule has 0 aliphatic heterocycles. The van der Waals surface area contributed by atoms with Gasteiger partial charge in [-0.3, -0.25) is 9.59 Å². The molecule has 0 saturated carbocycles. The van der Waals surface area contributed by atoms with Crippen LogP contribution in [0.3, 0.4) is 0 Å². The van der Waals surface area contributed by atoms with Crippen LogP contribution in [0.5, 0.6) is 5.75 Å². The zero-order valence-corrected chi connectivity index (χ0v) is 15.5. The molecule has 0 bridgehead atoms. The Morgan fingerprint density at radius 2 is 1.85 bits per heavy atom. The highest BCUT2D eigenvalue weighted by atomic mass is 19.1. The Morgan fingerprint density at radius 3 is 2.50 bits per heavy atom. The molecule has 26 heavy (non-hydrogen) atoms. The number of benzene rings is 2. The van der Waals surface area contributed by atoms with E-state index in [4.69, 9.17) is 9.47 Å². The van der Waals surface area contributed by atoms with Crippen LogP contribution in [0.4, 0.5) is 4.39 Å². The lowest BCUT2D eigenvalue weighted by Crippen LogP contribution is -2.24. The lowest BCUT2D eigenvalue weighted by molar-refractivity contribution is -0.153. The van der Waals surface area contributed by atoms with Gasteiger partial charge in [0.25, 0.3) is 0 Å². The molecule has 0 spiro atoms. The van der Waals surface area contributed by atoms with Crippen molar-refractivity contribution in [3.8, 4) is 5.75 Å². The zero-order valence-electron chi connectivity index (χ0n) is 15.5. The number of ether oxygens (including phenoxy) is 2. The Bertz CT molecular complexity index is 806. The molecule has 0 aromatic heterocycles. The third kappa shape index (κ3) is 5.41. The molecule has 0 unspecified atom stereocenters. The maximum absolute atomic E-state index is 13.6. The van der Waals surface area contributed by atoms with Gasteiger partial charge in [0.15, 0.2) is 6.29 Å². The third-order valence-electron chi connectivity index (χ3n) is 3.68. The van der Waals surface area contributed by atoms with Gasteiger partial charge in [-0.2, -0.15) is 0 Å². The molecule has 0 amide bonds. The van der Waals surface area contributed by atoms with Crippen molar-refractivity contribution >= 4 is 12.3 Å². The van der Waals surface area contributed by atoms with E-state index >= 15 is 0 Å². The van der Waals surface area contributed by atoms with Gasteiger partial charge in [-0.1, -0.05) is 24.3 Å². The van der Waals surface area contributed by atoms with Crippen molar-refractivity contribution in [2.45, 2.75) is 46.3 Å². The van der Waals surface area contributed by atoms with Gasteiger partial charge in [0.05, 0.1) is 12.0 Å². The molecule has 0 atom stereocenters. The number of hydrogen-bond acceptors (Lipinski definition) is 4. The van der Waals surface area contributed by atoms with E-state index in [0.717, 1.165) is 11.1 Å². The van der Waals surface area contributed by atoms with Gasteiger partial charge in [0.1, 0.15) is 23.8 Å². The third-order valence-corrected chi connectivity index (χ3v) is 3.68. The number of carbonyl (C=O) groups excluding carboxylic acids is 2. The fourth-order valence-electron chi connectivity index (χ4n) is 2.51. The molecule has 2 rings (SSSR count). The van der Waals surface area contributed by atoms with Crippen molar-refractivity contribution < 1.29 is 23.5 Å². The second-order valence-electron chi connectivity index (χ2n) is 7.07. The molecular weight excluding hydrogens is 335 g/mol. The fourth-order valence-corrected chi connectivity index (χ4v) is 2.51. The van der Waals surface area contributed by atoms with Crippen molar-refractivity contribution in [1.29, 1.82) is 0 Å². The minimum absolute atomic E-state index is 0.00109.